The molecule has 1 N–H and O–H groups in total. The molecule has 1 aliphatic heterocycles. The van der Waals surface area contributed by atoms with E-state index in [1.807, 2.05) is 18.2 Å². The van der Waals surface area contributed by atoms with Crippen molar-refractivity contribution in [2.45, 2.75) is 25.3 Å². The van der Waals surface area contributed by atoms with Crippen LogP contribution in [0.2, 0.25) is 0 Å². The summed E-state index contributed by atoms with van der Waals surface area (Å²) in [7, 11) is 1.44. The lowest BCUT2D eigenvalue weighted by Crippen LogP contribution is -2.40. The van der Waals surface area contributed by atoms with Gasteiger partial charge in [0.05, 0.1) is 7.11 Å². The van der Waals surface area contributed by atoms with Gasteiger partial charge in [0.25, 0.3) is 0 Å². The first kappa shape index (κ1) is 14.2. The van der Waals surface area contributed by atoms with Crippen LogP contribution < -0.4 is 14.8 Å². The second kappa shape index (κ2) is 6.35. The highest BCUT2D eigenvalue weighted by Gasteiger charge is 2.36. The monoisotopic (exact) mass is 291 g/mol. The van der Waals surface area contributed by atoms with Gasteiger partial charge < -0.3 is 19.5 Å². The summed E-state index contributed by atoms with van der Waals surface area (Å²) in [6.45, 7) is 1.95. The van der Waals surface area contributed by atoms with Gasteiger partial charge >= 0.3 is 5.97 Å². The topological polar surface area (TPSA) is 56.8 Å². The van der Waals surface area contributed by atoms with Crippen LogP contribution in [0.3, 0.4) is 0 Å². The average Bonchev–Trinajstić information content (AvgIpc) is 3.35. The van der Waals surface area contributed by atoms with Crippen LogP contribution in [0.4, 0.5) is 0 Å². The fourth-order valence-electron chi connectivity index (χ4n) is 2.61. The Kier molecular flexibility index (Phi) is 4.29. The van der Waals surface area contributed by atoms with E-state index in [4.69, 9.17) is 14.2 Å². The molecule has 0 aromatic heterocycles. The molecule has 0 saturated heterocycles. The second-order valence-corrected chi connectivity index (χ2v) is 5.52. The van der Waals surface area contributed by atoms with Gasteiger partial charge in [0.15, 0.2) is 11.5 Å². The normalized spacial score (nSPS) is 18.1. The Morgan fingerprint density at radius 2 is 2.10 bits per heavy atom. The third-order valence-corrected chi connectivity index (χ3v) is 3.93. The summed E-state index contributed by atoms with van der Waals surface area (Å²) in [5.74, 6) is 1.91. The lowest BCUT2D eigenvalue weighted by atomic mass is 10.1. The fourth-order valence-corrected chi connectivity index (χ4v) is 2.61. The van der Waals surface area contributed by atoms with Crippen LogP contribution >= 0.6 is 0 Å². The van der Waals surface area contributed by atoms with E-state index in [2.05, 4.69) is 5.32 Å². The van der Waals surface area contributed by atoms with E-state index < -0.39 is 0 Å². The minimum Gasteiger partial charge on any atom is -0.486 e. The van der Waals surface area contributed by atoms with Crippen LogP contribution in [0.1, 0.15) is 18.4 Å². The molecule has 1 heterocycles. The molecule has 5 heteroatoms. The Hall–Kier alpha value is -1.75. The number of rotatable bonds is 6. The molecular formula is C16H21NO4. The van der Waals surface area contributed by atoms with E-state index in [0.29, 0.717) is 19.1 Å². The van der Waals surface area contributed by atoms with Crippen molar-refractivity contribution in [3.8, 4) is 11.5 Å². The molecular weight excluding hydrogens is 270 g/mol. The fraction of sp³-hybridized carbons (Fsp3) is 0.562. The van der Waals surface area contributed by atoms with E-state index in [-0.39, 0.29) is 12.0 Å². The number of carbonyl (C=O) groups excluding carboxylic acids is 1. The first-order chi connectivity index (χ1) is 10.3. The first-order valence-electron chi connectivity index (χ1n) is 7.47. The number of hydrogen-bond donors (Lipinski definition) is 1. The zero-order valence-electron chi connectivity index (χ0n) is 12.3. The van der Waals surface area contributed by atoms with Gasteiger partial charge in [-0.05, 0) is 49.4 Å². The van der Waals surface area contributed by atoms with Crippen molar-refractivity contribution in [2.75, 3.05) is 26.9 Å². The minimum atomic E-state index is -0.160. The van der Waals surface area contributed by atoms with E-state index in [9.17, 15) is 4.79 Å². The molecule has 1 aromatic carbocycles. The van der Waals surface area contributed by atoms with E-state index in [1.54, 1.807) is 0 Å². The molecule has 1 aromatic rings. The van der Waals surface area contributed by atoms with Crippen molar-refractivity contribution in [2.24, 2.45) is 5.92 Å². The molecule has 1 saturated carbocycles. The zero-order valence-corrected chi connectivity index (χ0v) is 12.3. The summed E-state index contributed by atoms with van der Waals surface area (Å²) in [6, 6.07) is 5.84. The Balaban J connectivity index is 1.53. The lowest BCUT2D eigenvalue weighted by Gasteiger charge is -2.19. The average molecular weight is 291 g/mol. The van der Waals surface area contributed by atoms with Gasteiger partial charge in [0, 0.05) is 0 Å². The van der Waals surface area contributed by atoms with Crippen molar-refractivity contribution in [3.63, 3.8) is 0 Å². The van der Waals surface area contributed by atoms with Gasteiger partial charge in [0.2, 0.25) is 0 Å². The largest absolute Gasteiger partial charge is 0.486 e. The molecule has 0 spiro atoms. The van der Waals surface area contributed by atoms with Crippen LogP contribution in [0.5, 0.6) is 11.5 Å². The van der Waals surface area contributed by atoms with Crippen molar-refractivity contribution < 1.29 is 19.0 Å². The zero-order chi connectivity index (χ0) is 14.7. The van der Waals surface area contributed by atoms with E-state index >= 15 is 0 Å². The summed E-state index contributed by atoms with van der Waals surface area (Å²) < 4.78 is 15.9. The third-order valence-electron chi connectivity index (χ3n) is 3.93. The molecule has 0 bridgehead atoms. The number of methoxy groups -OCH3 is 1. The maximum atomic E-state index is 11.7. The summed E-state index contributed by atoms with van der Waals surface area (Å²) >= 11 is 0. The molecule has 1 fully saturated rings. The van der Waals surface area contributed by atoms with Gasteiger partial charge in [-0.2, -0.15) is 0 Å². The van der Waals surface area contributed by atoms with Crippen molar-refractivity contribution in [3.05, 3.63) is 23.8 Å². The van der Waals surface area contributed by atoms with E-state index in [1.165, 1.54) is 12.7 Å². The highest BCUT2D eigenvalue weighted by Crippen LogP contribution is 2.33. The number of ether oxygens (including phenoxy) is 3. The molecule has 114 valence electrons. The highest BCUT2D eigenvalue weighted by molar-refractivity contribution is 5.76. The summed E-state index contributed by atoms with van der Waals surface area (Å²) in [5, 5.41) is 3.31. The maximum Gasteiger partial charge on any atom is 0.323 e. The van der Waals surface area contributed by atoms with E-state index in [0.717, 1.165) is 37.3 Å². The van der Waals surface area contributed by atoms with Gasteiger partial charge in [0.1, 0.15) is 19.3 Å². The molecule has 1 atom stereocenters. The molecule has 1 unspecified atom stereocenters. The van der Waals surface area contributed by atoms with Crippen LogP contribution in [-0.2, 0) is 16.0 Å². The number of carbonyl (C=O) groups is 1. The summed E-state index contributed by atoms with van der Waals surface area (Å²) in [5.41, 5.74) is 1.17. The van der Waals surface area contributed by atoms with Crippen molar-refractivity contribution >= 4 is 5.97 Å². The van der Waals surface area contributed by atoms with Gasteiger partial charge in [-0.15, -0.1) is 0 Å². The predicted molar refractivity (Wildman–Crippen MR) is 77.7 cm³/mol. The summed E-state index contributed by atoms with van der Waals surface area (Å²) in [4.78, 5) is 11.7. The van der Waals surface area contributed by atoms with Gasteiger partial charge in [-0.25, -0.2) is 0 Å². The number of fused-ring (bicyclic) bond motifs is 1. The quantitative estimate of drug-likeness (QED) is 0.806. The number of nitrogens with one attached hydrogen (secondary N) is 1. The maximum absolute atomic E-state index is 11.7. The standard InChI is InChI=1S/C16H21NO4/c1-19-16(18)15(12-3-4-12)17-7-6-11-2-5-13-14(10-11)21-9-8-20-13/h2,5,10,12,15,17H,3-4,6-9H2,1H3. The Morgan fingerprint density at radius 1 is 1.33 bits per heavy atom. The molecule has 3 rings (SSSR count). The SMILES string of the molecule is COC(=O)C(NCCc1ccc2c(c1)OCCO2)C1CC1. The predicted octanol–water partition coefficient (Wildman–Crippen LogP) is 1.54. The molecule has 5 nitrogen and oxygen atoms in total. The smallest absolute Gasteiger partial charge is 0.323 e. The summed E-state index contributed by atoms with van der Waals surface area (Å²) in [6.07, 6.45) is 3.06. The van der Waals surface area contributed by atoms with Crippen LogP contribution in [-0.4, -0.2) is 38.9 Å². The Bertz CT molecular complexity index is 513. The second-order valence-electron chi connectivity index (χ2n) is 5.52. The number of hydrogen-bond acceptors (Lipinski definition) is 5. The van der Waals surface area contributed by atoms with Crippen LogP contribution in [0.15, 0.2) is 18.2 Å². The minimum absolute atomic E-state index is 0.153. The molecule has 2 aliphatic rings. The number of esters is 1. The van der Waals surface area contributed by atoms with Gasteiger partial charge in [-0.3, -0.25) is 4.79 Å². The molecule has 0 radical (unpaired) electrons. The van der Waals surface area contributed by atoms with Crippen LogP contribution in [0.25, 0.3) is 0 Å². The first-order valence-corrected chi connectivity index (χ1v) is 7.47. The van der Waals surface area contributed by atoms with Crippen LogP contribution in [0, 0.1) is 5.92 Å². The third kappa shape index (κ3) is 3.47. The molecule has 1 aliphatic carbocycles. The lowest BCUT2D eigenvalue weighted by molar-refractivity contribution is -0.143. The van der Waals surface area contributed by atoms with Crippen molar-refractivity contribution in [1.82, 2.24) is 5.32 Å². The molecule has 0 amide bonds. The van der Waals surface area contributed by atoms with Crippen molar-refractivity contribution in [1.29, 1.82) is 0 Å². The van der Waals surface area contributed by atoms with Gasteiger partial charge in [-0.1, -0.05) is 6.07 Å². The molecule has 21 heavy (non-hydrogen) atoms. The number of benzene rings is 1. The Labute approximate surface area is 124 Å². The Morgan fingerprint density at radius 3 is 2.81 bits per heavy atom. The highest BCUT2D eigenvalue weighted by atomic mass is 16.6.